The molecule has 2 aromatic rings. The smallest absolute Gasteiger partial charge is 0.228 e. The number of benzene rings is 1. The van der Waals surface area contributed by atoms with Gasteiger partial charge in [-0.15, -0.1) is 10.2 Å². The van der Waals surface area contributed by atoms with Crippen LogP contribution in [0.3, 0.4) is 0 Å². The van der Waals surface area contributed by atoms with Gasteiger partial charge in [0.05, 0.1) is 19.6 Å². The minimum atomic E-state index is -0.539. The lowest BCUT2D eigenvalue weighted by Crippen LogP contribution is -2.34. The fourth-order valence-electron chi connectivity index (χ4n) is 2.59. The molecule has 0 spiro atoms. The van der Waals surface area contributed by atoms with Crippen LogP contribution in [0.25, 0.3) is 0 Å². The lowest BCUT2D eigenvalue weighted by molar-refractivity contribution is -0.126. The Morgan fingerprint density at radius 2 is 2.21 bits per heavy atom. The van der Waals surface area contributed by atoms with Crippen LogP contribution in [0, 0.1) is 0 Å². The first kappa shape index (κ1) is 16.4. The first-order valence-corrected chi connectivity index (χ1v) is 8.49. The SMILES string of the molecule is CCc1nnc(CNC(=O)[C@H]2CC(=O)Nc3ccc(OC)cc32)s1. The van der Waals surface area contributed by atoms with Gasteiger partial charge in [-0.2, -0.15) is 0 Å². The van der Waals surface area contributed by atoms with Gasteiger partial charge in [-0.3, -0.25) is 9.59 Å². The highest BCUT2D eigenvalue weighted by molar-refractivity contribution is 7.11. The predicted molar refractivity (Wildman–Crippen MR) is 90.1 cm³/mol. The second kappa shape index (κ2) is 6.96. The van der Waals surface area contributed by atoms with Gasteiger partial charge in [0.2, 0.25) is 11.8 Å². The fourth-order valence-corrected chi connectivity index (χ4v) is 3.31. The second-order valence-corrected chi connectivity index (χ2v) is 6.57. The summed E-state index contributed by atoms with van der Waals surface area (Å²) < 4.78 is 5.22. The van der Waals surface area contributed by atoms with E-state index < -0.39 is 5.92 Å². The number of nitrogens with zero attached hydrogens (tertiary/aromatic N) is 2. The number of aromatic nitrogens is 2. The third kappa shape index (κ3) is 3.38. The second-order valence-electron chi connectivity index (χ2n) is 5.42. The van der Waals surface area contributed by atoms with Crippen LogP contribution < -0.4 is 15.4 Å². The number of aryl methyl sites for hydroxylation is 1. The molecule has 0 fully saturated rings. The lowest BCUT2D eigenvalue weighted by atomic mass is 9.89. The van der Waals surface area contributed by atoms with Crippen LogP contribution in [0.5, 0.6) is 5.75 Å². The number of nitrogens with one attached hydrogen (secondary N) is 2. The van der Waals surface area contributed by atoms with Gasteiger partial charge in [0.25, 0.3) is 0 Å². The maximum Gasteiger partial charge on any atom is 0.228 e. The van der Waals surface area contributed by atoms with E-state index in [1.807, 2.05) is 6.92 Å². The average molecular weight is 346 g/mol. The van der Waals surface area contributed by atoms with Crippen molar-refractivity contribution in [3.8, 4) is 5.75 Å². The molecule has 0 bridgehead atoms. The van der Waals surface area contributed by atoms with Crippen LogP contribution in [0.2, 0.25) is 0 Å². The maximum absolute atomic E-state index is 12.6. The van der Waals surface area contributed by atoms with E-state index in [2.05, 4.69) is 20.8 Å². The Morgan fingerprint density at radius 3 is 2.92 bits per heavy atom. The first-order chi connectivity index (χ1) is 11.6. The molecule has 1 aromatic carbocycles. The lowest BCUT2D eigenvalue weighted by Gasteiger charge is -2.25. The molecule has 3 rings (SSSR count). The van der Waals surface area contributed by atoms with Crippen LogP contribution >= 0.6 is 11.3 Å². The summed E-state index contributed by atoms with van der Waals surface area (Å²) in [5.41, 5.74) is 1.41. The Hall–Kier alpha value is -2.48. The fraction of sp³-hybridized carbons (Fsp3) is 0.375. The van der Waals surface area contributed by atoms with Crippen molar-refractivity contribution in [3.63, 3.8) is 0 Å². The minimum Gasteiger partial charge on any atom is -0.497 e. The molecule has 24 heavy (non-hydrogen) atoms. The highest BCUT2D eigenvalue weighted by Gasteiger charge is 2.31. The van der Waals surface area contributed by atoms with E-state index in [1.165, 1.54) is 11.3 Å². The quantitative estimate of drug-likeness (QED) is 0.862. The average Bonchev–Trinajstić information content (AvgIpc) is 3.06. The van der Waals surface area contributed by atoms with Gasteiger partial charge in [-0.05, 0) is 30.2 Å². The van der Waals surface area contributed by atoms with E-state index in [4.69, 9.17) is 4.74 Å². The summed E-state index contributed by atoms with van der Waals surface area (Å²) in [7, 11) is 1.57. The van der Waals surface area contributed by atoms with Crippen molar-refractivity contribution in [2.45, 2.75) is 32.2 Å². The van der Waals surface area contributed by atoms with Crippen LogP contribution in [0.4, 0.5) is 5.69 Å². The summed E-state index contributed by atoms with van der Waals surface area (Å²) in [6, 6.07) is 5.30. The molecule has 0 saturated heterocycles. The number of rotatable bonds is 5. The summed E-state index contributed by atoms with van der Waals surface area (Å²) in [6.07, 6.45) is 0.934. The molecule has 8 heteroatoms. The van der Waals surface area contributed by atoms with Crippen molar-refractivity contribution in [2.24, 2.45) is 0 Å². The van der Waals surface area contributed by atoms with Crippen LogP contribution in [-0.4, -0.2) is 29.1 Å². The number of hydrogen-bond donors (Lipinski definition) is 2. The number of fused-ring (bicyclic) bond motifs is 1. The van der Waals surface area contributed by atoms with Crippen molar-refractivity contribution < 1.29 is 14.3 Å². The van der Waals surface area contributed by atoms with Crippen molar-refractivity contribution >= 4 is 28.8 Å². The molecule has 1 atom stereocenters. The predicted octanol–water partition coefficient (Wildman–Crippen LogP) is 1.85. The molecule has 1 aliphatic rings. The van der Waals surface area contributed by atoms with Crippen molar-refractivity contribution in [3.05, 3.63) is 33.8 Å². The van der Waals surface area contributed by atoms with Crippen molar-refractivity contribution in [1.29, 1.82) is 0 Å². The molecule has 0 radical (unpaired) electrons. The molecule has 0 unspecified atom stereocenters. The van der Waals surface area contributed by atoms with Gasteiger partial charge in [-0.25, -0.2) is 0 Å². The molecule has 1 aromatic heterocycles. The highest BCUT2D eigenvalue weighted by atomic mass is 32.1. The number of ether oxygens (including phenoxy) is 1. The topological polar surface area (TPSA) is 93.2 Å². The zero-order valence-electron chi connectivity index (χ0n) is 13.5. The zero-order valence-corrected chi connectivity index (χ0v) is 14.3. The molecule has 0 aliphatic carbocycles. The largest absolute Gasteiger partial charge is 0.497 e. The summed E-state index contributed by atoms with van der Waals surface area (Å²) in [5.74, 6) is -0.258. The van der Waals surface area contributed by atoms with Gasteiger partial charge in [0.15, 0.2) is 0 Å². The summed E-state index contributed by atoms with van der Waals surface area (Å²) in [6.45, 7) is 2.32. The van der Waals surface area contributed by atoms with Crippen LogP contribution in [0.1, 0.15) is 34.8 Å². The molecule has 0 saturated carbocycles. The normalized spacial score (nSPS) is 16.2. The van der Waals surface area contributed by atoms with Crippen LogP contribution in [-0.2, 0) is 22.6 Å². The van der Waals surface area contributed by atoms with Gasteiger partial charge < -0.3 is 15.4 Å². The Labute approximate surface area is 143 Å². The van der Waals surface area contributed by atoms with Gasteiger partial charge in [0, 0.05) is 12.1 Å². The van der Waals surface area contributed by atoms with Crippen molar-refractivity contribution in [1.82, 2.24) is 15.5 Å². The molecular formula is C16H18N4O3S. The first-order valence-electron chi connectivity index (χ1n) is 7.67. The van der Waals surface area contributed by atoms with E-state index in [9.17, 15) is 9.59 Å². The van der Waals surface area contributed by atoms with Crippen LogP contribution in [0.15, 0.2) is 18.2 Å². The zero-order chi connectivity index (χ0) is 17.1. The van der Waals surface area contributed by atoms with E-state index in [0.717, 1.165) is 22.0 Å². The molecule has 2 amide bonds. The molecule has 7 nitrogen and oxygen atoms in total. The number of carbonyl (C=O) groups excluding carboxylic acids is 2. The Kier molecular flexibility index (Phi) is 4.75. The van der Waals surface area contributed by atoms with E-state index in [0.29, 0.717) is 18.0 Å². The van der Waals surface area contributed by atoms with E-state index >= 15 is 0 Å². The number of methoxy groups -OCH3 is 1. The van der Waals surface area contributed by atoms with E-state index in [-0.39, 0.29) is 18.2 Å². The molecular weight excluding hydrogens is 328 g/mol. The Balaban J connectivity index is 1.75. The number of anilines is 1. The van der Waals surface area contributed by atoms with Gasteiger partial charge >= 0.3 is 0 Å². The summed E-state index contributed by atoms with van der Waals surface area (Å²) in [4.78, 5) is 24.4. The van der Waals surface area contributed by atoms with Crippen molar-refractivity contribution in [2.75, 3.05) is 12.4 Å². The highest BCUT2D eigenvalue weighted by Crippen LogP contribution is 2.35. The Bertz CT molecular complexity index is 774. The Morgan fingerprint density at radius 1 is 1.42 bits per heavy atom. The van der Waals surface area contributed by atoms with E-state index in [1.54, 1.807) is 25.3 Å². The maximum atomic E-state index is 12.6. The number of amides is 2. The third-order valence-corrected chi connectivity index (χ3v) is 4.91. The molecule has 2 heterocycles. The number of hydrogen-bond acceptors (Lipinski definition) is 6. The summed E-state index contributed by atoms with van der Waals surface area (Å²) in [5, 5.41) is 15.4. The third-order valence-electron chi connectivity index (χ3n) is 3.84. The molecule has 1 aliphatic heterocycles. The minimum absolute atomic E-state index is 0.113. The molecule has 2 N–H and O–H groups in total. The van der Waals surface area contributed by atoms with Gasteiger partial charge in [0.1, 0.15) is 15.8 Å². The number of carbonyl (C=O) groups is 2. The van der Waals surface area contributed by atoms with Gasteiger partial charge in [-0.1, -0.05) is 18.3 Å². The summed E-state index contributed by atoms with van der Waals surface area (Å²) >= 11 is 1.48. The standard InChI is InChI=1S/C16H18N4O3S/c1-3-14-19-20-15(24-14)8-17-16(22)11-7-13(21)18-12-5-4-9(23-2)6-10(11)12/h4-6,11H,3,7-8H2,1-2H3,(H,17,22)(H,18,21)/t11-/m0/s1. The molecule has 126 valence electrons. The monoisotopic (exact) mass is 346 g/mol.